The lowest BCUT2D eigenvalue weighted by atomic mass is 10.2. The fourth-order valence-electron chi connectivity index (χ4n) is 1.69. The Labute approximate surface area is 112 Å². The molecule has 1 aromatic heterocycles. The summed E-state index contributed by atoms with van der Waals surface area (Å²) in [5.74, 6) is -0.0355. The molecule has 0 bridgehead atoms. The van der Waals surface area contributed by atoms with Gasteiger partial charge in [0, 0.05) is 24.6 Å². The average Bonchev–Trinajstić information content (AvgIpc) is 2.93. The molecular formula is C14H18N4O. The van der Waals surface area contributed by atoms with Crippen molar-refractivity contribution in [1.82, 2.24) is 15.1 Å². The first-order valence-electron chi connectivity index (χ1n) is 6.32. The monoisotopic (exact) mass is 258 g/mol. The highest BCUT2D eigenvalue weighted by molar-refractivity contribution is 5.94. The topological polar surface area (TPSA) is 59.0 Å². The van der Waals surface area contributed by atoms with Gasteiger partial charge < -0.3 is 10.6 Å². The lowest BCUT2D eigenvalue weighted by molar-refractivity contribution is -0.117. The van der Waals surface area contributed by atoms with Crippen LogP contribution in [0.15, 0.2) is 48.8 Å². The minimum absolute atomic E-state index is 0.0355. The molecule has 0 saturated heterocycles. The molecule has 2 N–H and O–H groups in total. The first-order chi connectivity index (χ1) is 9.25. The number of amides is 1. The Morgan fingerprint density at radius 2 is 2.11 bits per heavy atom. The fourth-order valence-corrected chi connectivity index (χ4v) is 1.69. The number of nitrogens with zero attached hydrogens (tertiary/aromatic N) is 2. The number of benzene rings is 1. The predicted octanol–water partition coefficient (Wildman–Crippen LogP) is 1.50. The summed E-state index contributed by atoms with van der Waals surface area (Å²) < 4.78 is 1.83. The van der Waals surface area contributed by atoms with Crippen molar-refractivity contribution in [3.05, 3.63) is 48.8 Å². The van der Waals surface area contributed by atoms with E-state index in [1.54, 1.807) is 6.20 Å². The highest BCUT2D eigenvalue weighted by Gasteiger charge is 2.11. The van der Waals surface area contributed by atoms with Gasteiger partial charge in [-0.25, -0.2) is 0 Å². The zero-order valence-corrected chi connectivity index (χ0v) is 10.9. The molecule has 1 heterocycles. The molecule has 0 aliphatic rings. The van der Waals surface area contributed by atoms with Crippen LogP contribution < -0.4 is 10.6 Å². The molecule has 100 valence electrons. The summed E-state index contributed by atoms with van der Waals surface area (Å²) in [4.78, 5) is 11.9. The predicted molar refractivity (Wildman–Crippen MR) is 74.8 cm³/mol. The highest BCUT2D eigenvalue weighted by Crippen LogP contribution is 2.05. The van der Waals surface area contributed by atoms with Crippen molar-refractivity contribution >= 4 is 11.6 Å². The number of rotatable bonds is 6. The van der Waals surface area contributed by atoms with E-state index >= 15 is 0 Å². The number of carbonyl (C=O) groups is 1. The van der Waals surface area contributed by atoms with Gasteiger partial charge in [0.2, 0.25) is 5.91 Å². The molecule has 5 heteroatoms. The van der Waals surface area contributed by atoms with Crippen molar-refractivity contribution in [2.75, 3.05) is 11.9 Å². The van der Waals surface area contributed by atoms with E-state index in [4.69, 9.17) is 0 Å². The smallest absolute Gasteiger partial charge is 0.241 e. The molecule has 5 nitrogen and oxygen atoms in total. The molecule has 1 atom stereocenters. The SMILES string of the molecule is CC(NCCn1cccn1)C(=O)Nc1ccccc1. The van der Waals surface area contributed by atoms with E-state index in [0.29, 0.717) is 6.54 Å². The number of hydrogen-bond donors (Lipinski definition) is 2. The number of hydrogen-bond acceptors (Lipinski definition) is 3. The summed E-state index contributed by atoms with van der Waals surface area (Å²) in [6.07, 6.45) is 3.64. The summed E-state index contributed by atoms with van der Waals surface area (Å²) >= 11 is 0. The standard InChI is InChI=1S/C14H18N4O/c1-12(15-9-11-18-10-5-8-16-18)14(19)17-13-6-3-2-4-7-13/h2-8,10,12,15H,9,11H2,1H3,(H,17,19). The van der Waals surface area contributed by atoms with Crippen molar-refractivity contribution in [2.24, 2.45) is 0 Å². The average molecular weight is 258 g/mol. The van der Waals surface area contributed by atoms with E-state index in [-0.39, 0.29) is 11.9 Å². The Morgan fingerprint density at radius 3 is 2.79 bits per heavy atom. The van der Waals surface area contributed by atoms with Gasteiger partial charge in [-0.15, -0.1) is 0 Å². The second-order valence-corrected chi connectivity index (χ2v) is 4.30. The van der Waals surface area contributed by atoms with E-state index in [1.807, 2.05) is 54.2 Å². The van der Waals surface area contributed by atoms with Crippen molar-refractivity contribution < 1.29 is 4.79 Å². The van der Waals surface area contributed by atoms with Crippen LogP contribution in [0, 0.1) is 0 Å². The quantitative estimate of drug-likeness (QED) is 0.825. The minimum Gasteiger partial charge on any atom is -0.325 e. The van der Waals surface area contributed by atoms with Gasteiger partial charge in [0.25, 0.3) is 0 Å². The maximum atomic E-state index is 11.9. The van der Waals surface area contributed by atoms with Crippen molar-refractivity contribution in [1.29, 1.82) is 0 Å². The molecule has 0 aliphatic heterocycles. The second kappa shape index (κ2) is 6.70. The Morgan fingerprint density at radius 1 is 1.32 bits per heavy atom. The number of nitrogens with one attached hydrogen (secondary N) is 2. The number of aromatic nitrogens is 2. The normalized spacial score (nSPS) is 12.1. The minimum atomic E-state index is -0.240. The summed E-state index contributed by atoms with van der Waals surface area (Å²) in [6, 6.07) is 11.1. The van der Waals surface area contributed by atoms with Gasteiger partial charge in [-0.3, -0.25) is 9.48 Å². The van der Waals surface area contributed by atoms with Crippen LogP contribution in [-0.4, -0.2) is 28.3 Å². The Balaban J connectivity index is 1.73. The summed E-state index contributed by atoms with van der Waals surface area (Å²) in [5.41, 5.74) is 0.813. The first kappa shape index (κ1) is 13.3. The molecule has 1 amide bonds. The van der Waals surface area contributed by atoms with Gasteiger partial charge in [-0.05, 0) is 25.1 Å². The van der Waals surface area contributed by atoms with Crippen molar-refractivity contribution in [2.45, 2.75) is 19.5 Å². The third-order valence-electron chi connectivity index (χ3n) is 2.79. The lowest BCUT2D eigenvalue weighted by Crippen LogP contribution is -2.39. The Bertz CT molecular complexity index is 495. The lowest BCUT2D eigenvalue weighted by Gasteiger charge is -2.14. The van der Waals surface area contributed by atoms with E-state index in [2.05, 4.69) is 15.7 Å². The molecule has 1 unspecified atom stereocenters. The maximum Gasteiger partial charge on any atom is 0.241 e. The first-order valence-corrected chi connectivity index (χ1v) is 6.32. The fraction of sp³-hybridized carbons (Fsp3) is 0.286. The van der Waals surface area contributed by atoms with Crippen molar-refractivity contribution in [3.8, 4) is 0 Å². The van der Waals surface area contributed by atoms with E-state index in [1.165, 1.54) is 0 Å². The van der Waals surface area contributed by atoms with Crippen LogP contribution in [0.1, 0.15) is 6.92 Å². The van der Waals surface area contributed by atoms with Crippen LogP contribution in [0.25, 0.3) is 0 Å². The van der Waals surface area contributed by atoms with Crippen LogP contribution in [-0.2, 0) is 11.3 Å². The summed E-state index contributed by atoms with van der Waals surface area (Å²) in [5, 5.41) is 10.1. The Hall–Kier alpha value is -2.14. The van der Waals surface area contributed by atoms with E-state index in [0.717, 1.165) is 12.2 Å². The van der Waals surface area contributed by atoms with Crippen LogP contribution in [0.3, 0.4) is 0 Å². The van der Waals surface area contributed by atoms with E-state index in [9.17, 15) is 4.79 Å². The van der Waals surface area contributed by atoms with Gasteiger partial charge >= 0.3 is 0 Å². The number of anilines is 1. The van der Waals surface area contributed by atoms with Crippen LogP contribution in [0.5, 0.6) is 0 Å². The Kier molecular flexibility index (Phi) is 4.69. The van der Waals surface area contributed by atoms with Crippen molar-refractivity contribution in [3.63, 3.8) is 0 Å². The number of para-hydroxylation sites is 1. The molecule has 0 aliphatic carbocycles. The van der Waals surface area contributed by atoms with Crippen LogP contribution >= 0.6 is 0 Å². The van der Waals surface area contributed by atoms with Gasteiger partial charge in [0.1, 0.15) is 0 Å². The molecule has 0 fully saturated rings. The molecular weight excluding hydrogens is 240 g/mol. The molecule has 2 aromatic rings. The molecule has 0 radical (unpaired) electrons. The highest BCUT2D eigenvalue weighted by atomic mass is 16.2. The molecule has 1 aromatic carbocycles. The maximum absolute atomic E-state index is 11.9. The molecule has 0 saturated carbocycles. The van der Waals surface area contributed by atoms with Crippen LogP contribution in [0.4, 0.5) is 5.69 Å². The summed E-state index contributed by atoms with van der Waals surface area (Å²) in [7, 11) is 0. The van der Waals surface area contributed by atoms with E-state index < -0.39 is 0 Å². The van der Waals surface area contributed by atoms with Gasteiger partial charge in [-0.1, -0.05) is 18.2 Å². The van der Waals surface area contributed by atoms with Gasteiger partial charge in [0.05, 0.1) is 12.6 Å². The molecule has 2 rings (SSSR count). The third-order valence-corrected chi connectivity index (χ3v) is 2.79. The van der Waals surface area contributed by atoms with Crippen LogP contribution in [0.2, 0.25) is 0 Å². The summed E-state index contributed by atoms with van der Waals surface area (Å²) in [6.45, 7) is 3.29. The molecule has 0 spiro atoms. The zero-order valence-electron chi connectivity index (χ0n) is 10.9. The third kappa shape index (κ3) is 4.22. The second-order valence-electron chi connectivity index (χ2n) is 4.30. The van der Waals surface area contributed by atoms with Gasteiger partial charge in [-0.2, -0.15) is 5.10 Å². The number of carbonyl (C=O) groups excluding carboxylic acids is 1. The zero-order chi connectivity index (χ0) is 13.5. The largest absolute Gasteiger partial charge is 0.325 e. The van der Waals surface area contributed by atoms with Gasteiger partial charge in [0.15, 0.2) is 0 Å². The molecule has 19 heavy (non-hydrogen) atoms.